The van der Waals surface area contributed by atoms with Gasteiger partial charge in [0.1, 0.15) is 23.5 Å². The van der Waals surface area contributed by atoms with Crippen LogP contribution in [0.1, 0.15) is 6.42 Å². The molecule has 1 atom stereocenters. The van der Waals surface area contributed by atoms with Crippen LogP contribution in [0.3, 0.4) is 0 Å². The molecule has 0 aliphatic carbocycles. The van der Waals surface area contributed by atoms with E-state index in [2.05, 4.69) is 10.3 Å². The normalized spacial score (nSPS) is 12.1. The van der Waals surface area contributed by atoms with Gasteiger partial charge in [-0.25, -0.2) is 18.6 Å². The Bertz CT molecular complexity index is 721. The second-order valence-electron chi connectivity index (χ2n) is 4.28. The summed E-state index contributed by atoms with van der Waals surface area (Å²) in [4.78, 5) is 25.5. The molecule has 0 aliphatic rings. The van der Waals surface area contributed by atoms with Gasteiger partial charge in [0.05, 0.1) is 6.42 Å². The van der Waals surface area contributed by atoms with Crippen molar-refractivity contribution in [1.82, 2.24) is 4.98 Å². The fraction of sp³-hybridized carbons (Fsp3) is 0.154. The smallest absolute Gasteiger partial charge is 0.326 e. The van der Waals surface area contributed by atoms with Gasteiger partial charge >= 0.3 is 11.9 Å². The van der Waals surface area contributed by atoms with Crippen LogP contribution in [0.25, 0.3) is 10.8 Å². The lowest BCUT2D eigenvalue weighted by molar-refractivity contribution is -0.144. The van der Waals surface area contributed by atoms with E-state index in [-0.39, 0.29) is 16.6 Å². The highest BCUT2D eigenvalue weighted by atomic mass is 19.1. The molecule has 1 heterocycles. The SMILES string of the molecule is O=C(O)CC(Nc1nccc2c(F)cc(F)cc12)C(=O)O. The van der Waals surface area contributed by atoms with Crippen LogP contribution >= 0.6 is 0 Å². The zero-order chi connectivity index (χ0) is 15.6. The Balaban J connectivity index is 2.46. The fourth-order valence-corrected chi connectivity index (χ4v) is 1.86. The lowest BCUT2D eigenvalue weighted by atomic mass is 10.1. The number of hydrogen-bond acceptors (Lipinski definition) is 4. The zero-order valence-corrected chi connectivity index (χ0v) is 10.5. The van der Waals surface area contributed by atoms with Gasteiger partial charge in [0, 0.05) is 23.0 Å². The standard InChI is InChI=1S/C13H10F2N2O4/c14-6-3-8-7(9(15)4-6)1-2-16-12(8)17-10(13(20)21)5-11(18)19/h1-4,10H,5H2,(H,16,17)(H,18,19)(H,20,21). The first-order valence-corrected chi connectivity index (χ1v) is 5.83. The molecule has 2 aromatic rings. The largest absolute Gasteiger partial charge is 0.481 e. The summed E-state index contributed by atoms with van der Waals surface area (Å²) in [5.41, 5.74) is 0. The van der Waals surface area contributed by atoms with Crippen molar-refractivity contribution in [2.75, 3.05) is 5.32 Å². The van der Waals surface area contributed by atoms with E-state index in [1.54, 1.807) is 0 Å². The highest BCUT2D eigenvalue weighted by Gasteiger charge is 2.22. The number of pyridine rings is 1. The van der Waals surface area contributed by atoms with Crippen molar-refractivity contribution in [3.05, 3.63) is 36.0 Å². The molecule has 3 N–H and O–H groups in total. The van der Waals surface area contributed by atoms with Crippen LogP contribution in [0.4, 0.5) is 14.6 Å². The molecule has 0 bridgehead atoms. The molecule has 0 saturated carbocycles. The number of carboxylic acid groups (broad SMARTS) is 2. The van der Waals surface area contributed by atoms with E-state index in [0.717, 1.165) is 6.07 Å². The topological polar surface area (TPSA) is 99.5 Å². The lowest BCUT2D eigenvalue weighted by Crippen LogP contribution is -2.32. The van der Waals surface area contributed by atoms with E-state index in [0.29, 0.717) is 6.07 Å². The number of carbonyl (C=O) groups is 2. The zero-order valence-electron chi connectivity index (χ0n) is 10.5. The van der Waals surface area contributed by atoms with Gasteiger partial charge in [-0.05, 0) is 12.1 Å². The molecule has 0 spiro atoms. The summed E-state index contributed by atoms with van der Waals surface area (Å²) in [5.74, 6) is -4.50. The predicted molar refractivity (Wildman–Crippen MR) is 69.0 cm³/mol. The monoisotopic (exact) mass is 296 g/mol. The Labute approximate surface area is 117 Å². The molecular weight excluding hydrogens is 286 g/mol. The van der Waals surface area contributed by atoms with E-state index >= 15 is 0 Å². The molecule has 1 aromatic heterocycles. The number of carboxylic acids is 2. The first kappa shape index (κ1) is 14.6. The van der Waals surface area contributed by atoms with Gasteiger partial charge in [-0.2, -0.15) is 0 Å². The van der Waals surface area contributed by atoms with E-state index in [1.807, 2.05) is 0 Å². The quantitative estimate of drug-likeness (QED) is 0.778. The van der Waals surface area contributed by atoms with Crippen LogP contribution in [-0.4, -0.2) is 33.2 Å². The molecule has 21 heavy (non-hydrogen) atoms. The number of nitrogens with zero attached hydrogens (tertiary/aromatic N) is 1. The van der Waals surface area contributed by atoms with E-state index in [4.69, 9.17) is 10.2 Å². The van der Waals surface area contributed by atoms with Crippen molar-refractivity contribution in [1.29, 1.82) is 0 Å². The Morgan fingerprint density at radius 3 is 2.57 bits per heavy atom. The highest BCUT2D eigenvalue weighted by Crippen LogP contribution is 2.25. The van der Waals surface area contributed by atoms with E-state index < -0.39 is 36.0 Å². The summed E-state index contributed by atoms with van der Waals surface area (Å²) in [6, 6.07) is 1.53. The van der Waals surface area contributed by atoms with Gasteiger partial charge in [0.2, 0.25) is 0 Å². The van der Waals surface area contributed by atoms with Gasteiger partial charge in [0.25, 0.3) is 0 Å². The minimum absolute atomic E-state index is 0.0339. The predicted octanol–water partition coefficient (Wildman–Crippen LogP) is 1.85. The Kier molecular flexibility index (Phi) is 3.97. The van der Waals surface area contributed by atoms with Gasteiger partial charge in [-0.1, -0.05) is 0 Å². The fourth-order valence-electron chi connectivity index (χ4n) is 1.86. The minimum Gasteiger partial charge on any atom is -0.481 e. The molecule has 0 saturated heterocycles. The molecule has 1 unspecified atom stereocenters. The van der Waals surface area contributed by atoms with Crippen molar-refractivity contribution in [3.63, 3.8) is 0 Å². The number of hydrogen-bond donors (Lipinski definition) is 3. The highest BCUT2D eigenvalue weighted by molar-refractivity contribution is 5.94. The first-order chi connectivity index (χ1) is 9.88. The van der Waals surface area contributed by atoms with Gasteiger partial charge < -0.3 is 15.5 Å². The van der Waals surface area contributed by atoms with Crippen LogP contribution in [0.15, 0.2) is 24.4 Å². The molecule has 0 aliphatic heterocycles. The number of aliphatic carboxylic acids is 2. The number of benzene rings is 1. The van der Waals surface area contributed by atoms with Crippen LogP contribution < -0.4 is 5.32 Å². The summed E-state index contributed by atoms with van der Waals surface area (Å²) in [6.07, 6.45) is 0.510. The van der Waals surface area contributed by atoms with Gasteiger partial charge in [-0.15, -0.1) is 0 Å². The summed E-state index contributed by atoms with van der Waals surface area (Å²) in [6.45, 7) is 0. The second-order valence-corrected chi connectivity index (χ2v) is 4.28. The number of aromatic nitrogens is 1. The molecule has 2 rings (SSSR count). The molecule has 0 fully saturated rings. The third-order valence-corrected chi connectivity index (χ3v) is 2.78. The molecule has 6 nitrogen and oxygen atoms in total. The summed E-state index contributed by atoms with van der Waals surface area (Å²) in [5, 5.41) is 20.1. The summed E-state index contributed by atoms with van der Waals surface area (Å²) in [7, 11) is 0. The van der Waals surface area contributed by atoms with Crippen molar-refractivity contribution in [2.45, 2.75) is 12.5 Å². The number of fused-ring (bicyclic) bond motifs is 1. The van der Waals surface area contributed by atoms with Crippen LogP contribution in [0, 0.1) is 11.6 Å². The molecule has 8 heteroatoms. The molecule has 0 radical (unpaired) electrons. The second kappa shape index (κ2) is 5.70. The van der Waals surface area contributed by atoms with Crippen LogP contribution in [0.2, 0.25) is 0 Å². The van der Waals surface area contributed by atoms with Crippen LogP contribution in [-0.2, 0) is 9.59 Å². The maximum absolute atomic E-state index is 13.6. The van der Waals surface area contributed by atoms with Crippen molar-refractivity contribution < 1.29 is 28.6 Å². The Morgan fingerprint density at radius 2 is 1.95 bits per heavy atom. The van der Waals surface area contributed by atoms with Gasteiger partial charge in [-0.3, -0.25) is 4.79 Å². The van der Waals surface area contributed by atoms with Crippen molar-refractivity contribution in [2.24, 2.45) is 0 Å². The number of anilines is 1. The lowest BCUT2D eigenvalue weighted by Gasteiger charge is -2.14. The summed E-state index contributed by atoms with van der Waals surface area (Å²) >= 11 is 0. The van der Waals surface area contributed by atoms with Crippen molar-refractivity contribution >= 4 is 28.5 Å². The molecular formula is C13H10F2N2O4. The van der Waals surface area contributed by atoms with Crippen LogP contribution in [0.5, 0.6) is 0 Å². The third-order valence-electron chi connectivity index (χ3n) is 2.78. The average molecular weight is 296 g/mol. The number of halogens is 2. The summed E-state index contributed by atoms with van der Waals surface area (Å²) < 4.78 is 26.9. The first-order valence-electron chi connectivity index (χ1n) is 5.83. The maximum atomic E-state index is 13.6. The van der Waals surface area contributed by atoms with E-state index in [9.17, 15) is 18.4 Å². The van der Waals surface area contributed by atoms with E-state index in [1.165, 1.54) is 12.3 Å². The molecule has 110 valence electrons. The Morgan fingerprint density at radius 1 is 1.24 bits per heavy atom. The third kappa shape index (κ3) is 3.22. The van der Waals surface area contributed by atoms with Gasteiger partial charge in [0.15, 0.2) is 0 Å². The number of rotatable bonds is 5. The maximum Gasteiger partial charge on any atom is 0.326 e. The molecule has 0 amide bonds. The molecule has 1 aromatic carbocycles. The average Bonchev–Trinajstić information content (AvgIpc) is 2.38. The van der Waals surface area contributed by atoms with Crippen molar-refractivity contribution in [3.8, 4) is 0 Å². The Hall–Kier alpha value is -2.77. The number of nitrogens with one attached hydrogen (secondary N) is 1. The minimum atomic E-state index is -1.47.